The molecule has 2 aromatic rings. The van der Waals surface area contributed by atoms with E-state index in [2.05, 4.69) is 59.7 Å². The predicted molar refractivity (Wildman–Crippen MR) is 134 cm³/mol. The Kier molecular flexibility index (Phi) is 9.74. The molecule has 3 rings (SSSR count). The number of hydrogen-bond acceptors (Lipinski definition) is 4. The number of benzene rings is 1. The number of anilines is 1. The first kappa shape index (κ1) is 24.3. The molecule has 1 fully saturated rings. The van der Waals surface area contributed by atoms with Crippen molar-refractivity contribution in [3.05, 3.63) is 42.2 Å². The zero-order valence-electron chi connectivity index (χ0n) is 18.5. The number of aromatic nitrogens is 2. The largest absolute Gasteiger partial charge is 0.489 e. The van der Waals surface area contributed by atoms with E-state index in [0.29, 0.717) is 12.6 Å². The molecule has 0 radical (unpaired) electrons. The molecule has 1 aromatic heterocycles. The van der Waals surface area contributed by atoms with Crippen LogP contribution in [-0.2, 0) is 7.05 Å². The van der Waals surface area contributed by atoms with Crippen molar-refractivity contribution < 1.29 is 4.74 Å². The molecule has 0 spiro atoms. The molecule has 0 aliphatic carbocycles. The second-order valence-corrected chi connectivity index (χ2v) is 7.77. The van der Waals surface area contributed by atoms with Crippen LogP contribution in [0.2, 0.25) is 0 Å². The lowest BCUT2D eigenvalue weighted by molar-refractivity contribution is 0.230. The van der Waals surface area contributed by atoms with Gasteiger partial charge >= 0.3 is 0 Å². The van der Waals surface area contributed by atoms with Gasteiger partial charge in [0, 0.05) is 38.9 Å². The van der Waals surface area contributed by atoms with Crippen LogP contribution in [0.3, 0.4) is 0 Å². The number of halogens is 1. The normalized spacial score (nSPS) is 17.8. The summed E-state index contributed by atoms with van der Waals surface area (Å²) in [6.45, 7) is 9.67. The van der Waals surface area contributed by atoms with Crippen LogP contribution in [0.1, 0.15) is 32.3 Å². The zero-order chi connectivity index (χ0) is 20.6. The lowest BCUT2D eigenvalue weighted by atomic mass is 10.1. The maximum Gasteiger partial charge on any atom is 0.191 e. The number of piperidine rings is 1. The first-order chi connectivity index (χ1) is 14.0. The number of nitrogens with zero attached hydrogens (tertiary/aromatic N) is 4. The Morgan fingerprint density at radius 2 is 2.23 bits per heavy atom. The third-order valence-electron chi connectivity index (χ3n) is 5.00. The van der Waals surface area contributed by atoms with Crippen molar-refractivity contribution in [1.29, 1.82) is 0 Å². The van der Waals surface area contributed by atoms with Gasteiger partial charge in [-0.15, -0.1) is 24.0 Å². The van der Waals surface area contributed by atoms with Crippen LogP contribution in [0.4, 0.5) is 5.69 Å². The Bertz CT molecular complexity index is 808. The molecule has 7 nitrogen and oxygen atoms in total. The summed E-state index contributed by atoms with van der Waals surface area (Å²) in [7, 11) is 1.96. The first-order valence-electron chi connectivity index (χ1n) is 10.5. The van der Waals surface area contributed by atoms with Crippen LogP contribution in [0.5, 0.6) is 5.75 Å². The molecular formula is C22H35IN6O. The summed E-state index contributed by atoms with van der Waals surface area (Å²) in [5.41, 5.74) is 2.38. The van der Waals surface area contributed by atoms with Gasteiger partial charge in [-0.2, -0.15) is 5.10 Å². The van der Waals surface area contributed by atoms with Crippen molar-refractivity contribution in [2.24, 2.45) is 12.0 Å². The van der Waals surface area contributed by atoms with Gasteiger partial charge in [-0.3, -0.25) is 4.68 Å². The topological polar surface area (TPSA) is 66.7 Å². The van der Waals surface area contributed by atoms with Crippen LogP contribution >= 0.6 is 24.0 Å². The highest BCUT2D eigenvalue weighted by Gasteiger charge is 2.21. The van der Waals surface area contributed by atoms with Crippen LogP contribution in [0.15, 0.2) is 41.7 Å². The molecule has 166 valence electrons. The van der Waals surface area contributed by atoms with Gasteiger partial charge in [0.25, 0.3) is 0 Å². The highest BCUT2D eigenvalue weighted by Crippen LogP contribution is 2.19. The minimum atomic E-state index is 0. The quantitative estimate of drug-likeness (QED) is 0.329. The number of aryl methyl sites for hydroxylation is 2. The highest BCUT2D eigenvalue weighted by molar-refractivity contribution is 14.0. The third-order valence-corrected chi connectivity index (χ3v) is 5.00. The third kappa shape index (κ3) is 7.37. The summed E-state index contributed by atoms with van der Waals surface area (Å²) in [4.78, 5) is 7.15. The van der Waals surface area contributed by atoms with Crippen molar-refractivity contribution in [3.63, 3.8) is 0 Å². The molecule has 2 heterocycles. The molecule has 1 aromatic carbocycles. The molecule has 2 N–H and O–H groups in total. The lowest BCUT2D eigenvalue weighted by Gasteiger charge is -2.34. The lowest BCUT2D eigenvalue weighted by Crippen LogP contribution is -2.51. The fourth-order valence-electron chi connectivity index (χ4n) is 3.59. The predicted octanol–water partition coefficient (Wildman–Crippen LogP) is 3.34. The van der Waals surface area contributed by atoms with Crippen LogP contribution in [-0.4, -0.2) is 54.1 Å². The fraction of sp³-hybridized carbons (Fsp3) is 0.545. The number of hydrogen-bond donors (Lipinski definition) is 2. The van der Waals surface area contributed by atoms with Gasteiger partial charge in [-0.1, -0.05) is 12.1 Å². The van der Waals surface area contributed by atoms with E-state index in [1.165, 1.54) is 11.3 Å². The summed E-state index contributed by atoms with van der Waals surface area (Å²) >= 11 is 0. The van der Waals surface area contributed by atoms with E-state index in [0.717, 1.165) is 44.2 Å². The average molecular weight is 526 g/mol. The Balaban J connectivity index is 0.00000320. The first-order valence-corrected chi connectivity index (χ1v) is 10.5. The number of rotatable bonds is 7. The summed E-state index contributed by atoms with van der Waals surface area (Å²) in [5, 5.41) is 11.3. The highest BCUT2D eigenvalue weighted by atomic mass is 127. The van der Waals surface area contributed by atoms with E-state index in [1.807, 2.05) is 30.1 Å². The minimum Gasteiger partial charge on any atom is -0.489 e. The molecule has 2 unspecified atom stereocenters. The van der Waals surface area contributed by atoms with Gasteiger partial charge in [0.1, 0.15) is 11.9 Å². The van der Waals surface area contributed by atoms with Gasteiger partial charge in [-0.05, 0) is 51.3 Å². The number of nitrogens with one attached hydrogen (secondary N) is 2. The standard InChI is InChI=1S/C22H34N6O.HI/c1-5-23-22(24-13-18(3)29-21-10-6-8-17(2)12-21)26-19-9-7-11-28(15-19)20-14-25-27(4)16-20;/h6,8,10,12,14,16,18-19H,5,7,9,11,13,15H2,1-4H3,(H2,23,24,26);1H. The number of aliphatic imine (C=N–C) groups is 1. The van der Waals surface area contributed by atoms with Crippen molar-refractivity contribution in [2.45, 2.75) is 45.8 Å². The van der Waals surface area contributed by atoms with Crippen LogP contribution in [0, 0.1) is 6.92 Å². The Labute approximate surface area is 197 Å². The Hall–Kier alpha value is -1.97. The molecule has 8 heteroatoms. The van der Waals surface area contributed by atoms with Crippen LogP contribution < -0.4 is 20.3 Å². The smallest absolute Gasteiger partial charge is 0.191 e. The monoisotopic (exact) mass is 526 g/mol. The maximum atomic E-state index is 6.01. The summed E-state index contributed by atoms with van der Waals surface area (Å²) in [6.07, 6.45) is 6.30. The van der Waals surface area contributed by atoms with Gasteiger partial charge in [0.2, 0.25) is 0 Å². The molecule has 1 aliphatic heterocycles. The van der Waals surface area contributed by atoms with Gasteiger partial charge in [0.05, 0.1) is 18.4 Å². The van der Waals surface area contributed by atoms with Crippen molar-refractivity contribution in [3.8, 4) is 5.75 Å². The van der Waals surface area contributed by atoms with E-state index in [9.17, 15) is 0 Å². The van der Waals surface area contributed by atoms with Crippen molar-refractivity contribution in [2.75, 3.05) is 31.1 Å². The van der Waals surface area contributed by atoms with E-state index in [1.54, 1.807) is 0 Å². The maximum absolute atomic E-state index is 6.01. The number of ether oxygens (including phenoxy) is 1. The summed E-state index contributed by atoms with van der Waals surface area (Å²) in [5.74, 6) is 1.75. The van der Waals surface area contributed by atoms with Gasteiger partial charge in [0.15, 0.2) is 5.96 Å². The fourth-order valence-corrected chi connectivity index (χ4v) is 3.59. The molecule has 0 saturated carbocycles. The van der Waals surface area contributed by atoms with E-state index in [-0.39, 0.29) is 30.1 Å². The molecule has 1 saturated heterocycles. The average Bonchev–Trinajstić information content (AvgIpc) is 3.13. The second kappa shape index (κ2) is 12.0. The molecule has 2 atom stereocenters. The molecule has 0 amide bonds. The summed E-state index contributed by atoms with van der Waals surface area (Å²) < 4.78 is 7.87. The Morgan fingerprint density at radius 1 is 1.40 bits per heavy atom. The van der Waals surface area contributed by atoms with Crippen molar-refractivity contribution >= 4 is 35.6 Å². The molecule has 0 bridgehead atoms. The van der Waals surface area contributed by atoms with Gasteiger partial charge < -0.3 is 20.3 Å². The summed E-state index contributed by atoms with van der Waals surface area (Å²) in [6, 6.07) is 8.49. The second-order valence-electron chi connectivity index (χ2n) is 7.77. The van der Waals surface area contributed by atoms with E-state index < -0.39 is 0 Å². The van der Waals surface area contributed by atoms with Gasteiger partial charge in [-0.25, -0.2) is 4.99 Å². The zero-order valence-corrected chi connectivity index (χ0v) is 20.8. The molecule has 30 heavy (non-hydrogen) atoms. The minimum absolute atomic E-state index is 0. The van der Waals surface area contributed by atoms with E-state index >= 15 is 0 Å². The molecule has 1 aliphatic rings. The van der Waals surface area contributed by atoms with Crippen molar-refractivity contribution in [1.82, 2.24) is 20.4 Å². The van der Waals surface area contributed by atoms with E-state index in [4.69, 9.17) is 9.73 Å². The molecular weight excluding hydrogens is 491 g/mol. The Morgan fingerprint density at radius 3 is 2.93 bits per heavy atom. The van der Waals surface area contributed by atoms with Crippen LogP contribution in [0.25, 0.3) is 0 Å². The SMILES string of the molecule is CCNC(=NCC(C)Oc1cccc(C)c1)NC1CCCN(c2cnn(C)c2)C1.I. The number of guanidine groups is 1.